The van der Waals surface area contributed by atoms with E-state index >= 15 is 0 Å². The van der Waals surface area contributed by atoms with E-state index < -0.39 is 5.60 Å². The van der Waals surface area contributed by atoms with Crippen molar-refractivity contribution in [3.05, 3.63) is 35.4 Å². The van der Waals surface area contributed by atoms with E-state index in [4.69, 9.17) is 0 Å². The Hall–Kier alpha value is -0.900. The number of hydrogen-bond donors (Lipinski definition) is 2. The first kappa shape index (κ1) is 11.2. The predicted octanol–water partition coefficient (Wildman–Crippen LogP) is 1.12. The Bertz CT molecular complexity index is 374. The monoisotopic (exact) mass is 232 g/mol. The number of hydrogen-bond acceptors (Lipinski definition) is 3. The molecule has 2 N–H and O–H groups in total. The van der Waals surface area contributed by atoms with Crippen molar-refractivity contribution < 1.29 is 5.11 Å². The first-order chi connectivity index (χ1) is 8.25. The van der Waals surface area contributed by atoms with Gasteiger partial charge in [0.15, 0.2) is 0 Å². The highest BCUT2D eigenvalue weighted by atomic mass is 16.3. The molecule has 1 unspecified atom stereocenters. The van der Waals surface area contributed by atoms with Crippen molar-refractivity contribution in [1.29, 1.82) is 0 Å². The number of β-amino-alcohol motifs (C(OH)–C–C–N with tert-alkyl or cyclic N) is 1. The molecule has 0 aromatic heterocycles. The lowest BCUT2D eigenvalue weighted by atomic mass is 9.99. The fourth-order valence-corrected chi connectivity index (χ4v) is 2.87. The number of nitrogens with zero attached hydrogens (tertiary/aromatic N) is 1. The molecule has 2 aliphatic rings. The third-order valence-corrected chi connectivity index (χ3v) is 4.02. The fourth-order valence-electron chi connectivity index (χ4n) is 2.87. The van der Waals surface area contributed by atoms with E-state index in [0.29, 0.717) is 0 Å². The van der Waals surface area contributed by atoms with Crippen LogP contribution in [-0.4, -0.2) is 35.2 Å². The first-order valence-electron chi connectivity index (χ1n) is 6.47. The van der Waals surface area contributed by atoms with E-state index in [2.05, 4.69) is 34.5 Å². The molecule has 3 heteroatoms. The van der Waals surface area contributed by atoms with E-state index in [1.165, 1.54) is 11.1 Å². The van der Waals surface area contributed by atoms with Crippen LogP contribution in [-0.2, 0) is 13.1 Å². The molecule has 3 rings (SSSR count). The molecule has 1 aromatic carbocycles. The summed E-state index contributed by atoms with van der Waals surface area (Å²) in [6.45, 7) is 4.79. The van der Waals surface area contributed by atoms with Gasteiger partial charge in [-0.25, -0.2) is 0 Å². The smallest absolute Gasteiger partial charge is 0.0795 e. The van der Waals surface area contributed by atoms with Crippen molar-refractivity contribution in [3.63, 3.8) is 0 Å². The average molecular weight is 232 g/mol. The summed E-state index contributed by atoms with van der Waals surface area (Å²) in [5, 5.41) is 13.5. The topological polar surface area (TPSA) is 35.5 Å². The Morgan fingerprint density at radius 1 is 1.24 bits per heavy atom. The number of aliphatic hydroxyl groups is 1. The van der Waals surface area contributed by atoms with Crippen molar-refractivity contribution in [2.45, 2.75) is 31.5 Å². The van der Waals surface area contributed by atoms with Crippen LogP contribution in [0.15, 0.2) is 24.3 Å². The van der Waals surface area contributed by atoms with Crippen LogP contribution >= 0.6 is 0 Å². The van der Waals surface area contributed by atoms with Crippen molar-refractivity contribution in [2.75, 3.05) is 19.6 Å². The largest absolute Gasteiger partial charge is 0.388 e. The van der Waals surface area contributed by atoms with Crippen LogP contribution in [0.4, 0.5) is 0 Å². The van der Waals surface area contributed by atoms with Crippen LogP contribution in [0.3, 0.4) is 0 Å². The molecule has 0 bridgehead atoms. The zero-order valence-electron chi connectivity index (χ0n) is 10.2. The zero-order valence-corrected chi connectivity index (χ0v) is 10.2. The van der Waals surface area contributed by atoms with Crippen LogP contribution in [0.2, 0.25) is 0 Å². The zero-order chi connectivity index (χ0) is 11.7. The minimum atomic E-state index is -0.464. The average Bonchev–Trinajstić information content (AvgIpc) is 2.93. The van der Waals surface area contributed by atoms with Crippen LogP contribution in [0.25, 0.3) is 0 Å². The summed E-state index contributed by atoms with van der Waals surface area (Å²) in [4.78, 5) is 2.43. The molecule has 1 aromatic rings. The van der Waals surface area contributed by atoms with E-state index in [0.717, 1.165) is 45.6 Å². The second-order valence-corrected chi connectivity index (χ2v) is 5.38. The van der Waals surface area contributed by atoms with Crippen molar-refractivity contribution in [1.82, 2.24) is 10.2 Å². The molecule has 0 spiro atoms. The van der Waals surface area contributed by atoms with Crippen LogP contribution in [0, 0.1) is 0 Å². The van der Waals surface area contributed by atoms with Gasteiger partial charge in [0.1, 0.15) is 0 Å². The molecule has 0 saturated carbocycles. The van der Waals surface area contributed by atoms with E-state index in [1.54, 1.807) is 0 Å². The highest BCUT2D eigenvalue weighted by Gasteiger charge is 2.31. The molecular weight excluding hydrogens is 212 g/mol. The summed E-state index contributed by atoms with van der Waals surface area (Å²) in [6.07, 6.45) is 1.78. The minimum Gasteiger partial charge on any atom is -0.388 e. The quantitative estimate of drug-likeness (QED) is 0.819. The Balaban J connectivity index is 1.55. The second-order valence-electron chi connectivity index (χ2n) is 5.38. The standard InChI is InChI=1S/C14H20N2O/c17-14(5-7-15-11-14)6-8-16-9-12-3-1-2-4-13(12)10-16/h1-4,15,17H,5-11H2. The van der Waals surface area contributed by atoms with Crippen LogP contribution < -0.4 is 5.32 Å². The SMILES string of the molecule is OC1(CCN2Cc3ccccc3C2)CCNC1. The molecule has 1 atom stereocenters. The minimum absolute atomic E-state index is 0.464. The third-order valence-electron chi connectivity index (χ3n) is 4.02. The van der Waals surface area contributed by atoms with Crippen molar-refractivity contribution in [3.8, 4) is 0 Å². The summed E-state index contributed by atoms with van der Waals surface area (Å²) < 4.78 is 0. The molecule has 1 saturated heterocycles. The van der Waals surface area contributed by atoms with Gasteiger partial charge in [0, 0.05) is 26.2 Å². The molecule has 0 amide bonds. The molecule has 0 aliphatic carbocycles. The molecule has 3 nitrogen and oxygen atoms in total. The summed E-state index contributed by atoms with van der Waals surface area (Å²) in [6, 6.07) is 8.63. The van der Waals surface area contributed by atoms with Crippen molar-refractivity contribution in [2.24, 2.45) is 0 Å². The normalized spacial score (nSPS) is 28.5. The maximum Gasteiger partial charge on any atom is 0.0795 e. The third kappa shape index (κ3) is 2.37. The van der Waals surface area contributed by atoms with Crippen molar-refractivity contribution >= 4 is 0 Å². The summed E-state index contributed by atoms with van der Waals surface area (Å²) in [5.74, 6) is 0. The molecule has 0 radical (unpaired) electrons. The summed E-state index contributed by atoms with van der Waals surface area (Å²) in [5.41, 5.74) is 2.43. The van der Waals surface area contributed by atoms with Crippen LogP contribution in [0.1, 0.15) is 24.0 Å². The lowest BCUT2D eigenvalue weighted by Gasteiger charge is -2.24. The molecule has 17 heavy (non-hydrogen) atoms. The molecule has 2 heterocycles. The van der Waals surface area contributed by atoms with E-state index in [9.17, 15) is 5.11 Å². The molecule has 1 fully saturated rings. The number of rotatable bonds is 3. The fraction of sp³-hybridized carbons (Fsp3) is 0.571. The van der Waals surface area contributed by atoms with Gasteiger partial charge in [-0.15, -0.1) is 0 Å². The van der Waals surface area contributed by atoms with Gasteiger partial charge in [-0.3, -0.25) is 4.90 Å². The number of benzene rings is 1. The predicted molar refractivity (Wildman–Crippen MR) is 67.6 cm³/mol. The number of nitrogens with one attached hydrogen (secondary N) is 1. The van der Waals surface area contributed by atoms with Crippen LogP contribution in [0.5, 0.6) is 0 Å². The summed E-state index contributed by atoms with van der Waals surface area (Å²) >= 11 is 0. The Morgan fingerprint density at radius 2 is 1.94 bits per heavy atom. The van der Waals surface area contributed by atoms with Gasteiger partial charge in [-0.1, -0.05) is 24.3 Å². The molecular formula is C14H20N2O. The molecule has 92 valence electrons. The van der Waals surface area contributed by atoms with Gasteiger partial charge in [-0.05, 0) is 30.5 Å². The van der Waals surface area contributed by atoms with Gasteiger partial charge < -0.3 is 10.4 Å². The van der Waals surface area contributed by atoms with Gasteiger partial charge in [0.25, 0.3) is 0 Å². The maximum atomic E-state index is 10.3. The first-order valence-corrected chi connectivity index (χ1v) is 6.47. The Labute approximate surface area is 102 Å². The second kappa shape index (κ2) is 4.41. The highest BCUT2D eigenvalue weighted by Crippen LogP contribution is 2.25. The number of fused-ring (bicyclic) bond motifs is 1. The van der Waals surface area contributed by atoms with Gasteiger partial charge in [-0.2, -0.15) is 0 Å². The molecule has 2 aliphatic heterocycles. The van der Waals surface area contributed by atoms with E-state index in [-0.39, 0.29) is 0 Å². The van der Waals surface area contributed by atoms with Gasteiger partial charge in [0.2, 0.25) is 0 Å². The Morgan fingerprint density at radius 3 is 2.53 bits per heavy atom. The summed E-state index contributed by atoms with van der Waals surface area (Å²) in [7, 11) is 0. The van der Waals surface area contributed by atoms with Gasteiger partial charge >= 0.3 is 0 Å². The lowest BCUT2D eigenvalue weighted by molar-refractivity contribution is 0.0401. The van der Waals surface area contributed by atoms with Gasteiger partial charge in [0.05, 0.1) is 5.60 Å². The Kier molecular flexibility index (Phi) is 2.90. The lowest BCUT2D eigenvalue weighted by Crippen LogP contribution is -2.35. The van der Waals surface area contributed by atoms with E-state index in [1.807, 2.05) is 0 Å². The highest BCUT2D eigenvalue weighted by molar-refractivity contribution is 5.30. The maximum absolute atomic E-state index is 10.3.